The molecular formula is C22H19N3O3S. The third kappa shape index (κ3) is 3.64. The normalized spacial score (nSPS) is 11.9. The lowest BCUT2D eigenvalue weighted by molar-refractivity contribution is -0.118. The average molecular weight is 405 g/mol. The predicted octanol–water partition coefficient (Wildman–Crippen LogP) is 4.33. The first-order valence-corrected chi connectivity index (χ1v) is 9.95. The highest BCUT2D eigenvalue weighted by molar-refractivity contribution is 7.17. The van der Waals surface area contributed by atoms with Gasteiger partial charge >= 0.3 is 0 Å². The molecule has 2 aromatic carbocycles. The third-order valence-electron chi connectivity index (χ3n) is 4.76. The van der Waals surface area contributed by atoms with Crippen molar-refractivity contribution in [3.8, 4) is 16.9 Å². The lowest BCUT2D eigenvalue weighted by Gasteiger charge is -2.15. The summed E-state index contributed by atoms with van der Waals surface area (Å²) in [5, 5.41) is 5.29. The van der Waals surface area contributed by atoms with E-state index in [1.807, 2.05) is 35.7 Å². The second-order valence-electron chi connectivity index (χ2n) is 6.55. The van der Waals surface area contributed by atoms with E-state index >= 15 is 0 Å². The van der Waals surface area contributed by atoms with Gasteiger partial charge in [-0.25, -0.2) is 4.98 Å². The average Bonchev–Trinajstić information content (AvgIpc) is 3.20. The molecule has 1 atom stereocenters. The zero-order valence-electron chi connectivity index (χ0n) is 16.0. The number of carbonyl (C=O) groups is 1. The summed E-state index contributed by atoms with van der Waals surface area (Å²) >= 11 is 1.42. The Bertz CT molecular complexity index is 1210. The SMILES string of the molecule is COc1ccc(NC(=O)[C@@H](C)n2cnc3scc(-c4ccccc4)c3c2=O)cc1. The summed E-state index contributed by atoms with van der Waals surface area (Å²) in [5.41, 5.74) is 2.18. The molecule has 146 valence electrons. The lowest BCUT2D eigenvalue weighted by Crippen LogP contribution is -2.31. The van der Waals surface area contributed by atoms with Crippen molar-refractivity contribution in [2.45, 2.75) is 13.0 Å². The molecule has 0 saturated carbocycles. The van der Waals surface area contributed by atoms with Crippen molar-refractivity contribution >= 4 is 33.1 Å². The highest BCUT2D eigenvalue weighted by atomic mass is 32.1. The molecule has 0 aliphatic rings. The van der Waals surface area contributed by atoms with Crippen molar-refractivity contribution in [1.29, 1.82) is 0 Å². The maximum absolute atomic E-state index is 13.2. The van der Waals surface area contributed by atoms with Crippen LogP contribution in [0.2, 0.25) is 0 Å². The molecule has 2 aromatic heterocycles. The monoisotopic (exact) mass is 405 g/mol. The van der Waals surface area contributed by atoms with Gasteiger partial charge in [-0.05, 0) is 36.8 Å². The number of nitrogens with zero attached hydrogens (tertiary/aromatic N) is 2. The maximum Gasteiger partial charge on any atom is 0.263 e. The van der Waals surface area contributed by atoms with E-state index in [1.54, 1.807) is 38.3 Å². The fourth-order valence-electron chi connectivity index (χ4n) is 3.10. The Morgan fingerprint density at radius 1 is 1.14 bits per heavy atom. The molecule has 0 radical (unpaired) electrons. The van der Waals surface area contributed by atoms with Gasteiger partial charge in [0.25, 0.3) is 5.56 Å². The molecule has 0 spiro atoms. The Kier molecular flexibility index (Phi) is 5.14. The minimum atomic E-state index is -0.718. The molecule has 4 rings (SSSR count). The van der Waals surface area contributed by atoms with Gasteiger partial charge < -0.3 is 10.1 Å². The summed E-state index contributed by atoms with van der Waals surface area (Å²) in [7, 11) is 1.58. The number of hydrogen-bond acceptors (Lipinski definition) is 5. The molecule has 0 saturated heterocycles. The summed E-state index contributed by atoms with van der Waals surface area (Å²) < 4.78 is 6.50. The van der Waals surface area contributed by atoms with E-state index in [1.165, 1.54) is 22.2 Å². The number of nitrogens with one attached hydrogen (secondary N) is 1. The van der Waals surface area contributed by atoms with E-state index < -0.39 is 6.04 Å². The van der Waals surface area contributed by atoms with E-state index in [4.69, 9.17) is 4.74 Å². The highest BCUT2D eigenvalue weighted by Crippen LogP contribution is 2.30. The fraction of sp³-hybridized carbons (Fsp3) is 0.136. The molecule has 0 aliphatic carbocycles. The van der Waals surface area contributed by atoms with Gasteiger partial charge in [0.05, 0.1) is 18.8 Å². The van der Waals surface area contributed by atoms with E-state index in [9.17, 15) is 9.59 Å². The van der Waals surface area contributed by atoms with Crippen molar-refractivity contribution in [3.63, 3.8) is 0 Å². The van der Waals surface area contributed by atoms with Crippen LogP contribution >= 0.6 is 11.3 Å². The summed E-state index contributed by atoms with van der Waals surface area (Å²) in [6, 6.07) is 16.0. The number of methoxy groups -OCH3 is 1. The van der Waals surface area contributed by atoms with Crippen molar-refractivity contribution in [2.75, 3.05) is 12.4 Å². The van der Waals surface area contributed by atoms with E-state index in [-0.39, 0.29) is 11.5 Å². The van der Waals surface area contributed by atoms with Crippen LogP contribution in [-0.2, 0) is 4.79 Å². The molecule has 0 aliphatic heterocycles. The number of rotatable bonds is 5. The van der Waals surface area contributed by atoms with Crippen molar-refractivity contribution in [1.82, 2.24) is 9.55 Å². The van der Waals surface area contributed by atoms with Gasteiger partial charge in [0, 0.05) is 16.6 Å². The van der Waals surface area contributed by atoms with Gasteiger partial charge in [0.15, 0.2) is 0 Å². The minimum Gasteiger partial charge on any atom is -0.497 e. The predicted molar refractivity (Wildman–Crippen MR) is 116 cm³/mol. The minimum absolute atomic E-state index is 0.229. The highest BCUT2D eigenvalue weighted by Gasteiger charge is 2.20. The number of amides is 1. The van der Waals surface area contributed by atoms with Gasteiger partial charge in [-0.2, -0.15) is 0 Å². The molecule has 1 N–H and O–H groups in total. The molecule has 6 nitrogen and oxygen atoms in total. The van der Waals surface area contributed by atoms with Gasteiger partial charge in [-0.1, -0.05) is 30.3 Å². The van der Waals surface area contributed by atoms with Crippen LogP contribution in [0.4, 0.5) is 5.69 Å². The second kappa shape index (κ2) is 7.89. The summed E-state index contributed by atoms with van der Waals surface area (Å²) in [5.74, 6) is 0.405. The fourth-order valence-corrected chi connectivity index (χ4v) is 4.01. The summed E-state index contributed by atoms with van der Waals surface area (Å²) in [6.07, 6.45) is 1.44. The molecule has 1 amide bonds. The maximum atomic E-state index is 13.2. The Morgan fingerprint density at radius 2 is 1.86 bits per heavy atom. The number of anilines is 1. The first kappa shape index (κ1) is 18.9. The Hall–Kier alpha value is -3.45. The Balaban J connectivity index is 1.67. The number of benzene rings is 2. The van der Waals surface area contributed by atoms with Crippen molar-refractivity contribution in [3.05, 3.63) is 76.7 Å². The number of aromatic nitrogens is 2. The van der Waals surface area contributed by atoms with Gasteiger partial charge in [0.1, 0.15) is 16.6 Å². The molecular weight excluding hydrogens is 386 g/mol. The second-order valence-corrected chi connectivity index (χ2v) is 7.40. The van der Waals surface area contributed by atoms with Crippen LogP contribution in [0.5, 0.6) is 5.75 Å². The lowest BCUT2D eigenvalue weighted by atomic mass is 10.1. The van der Waals surface area contributed by atoms with Crippen molar-refractivity contribution in [2.24, 2.45) is 0 Å². The molecule has 0 unspecified atom stereocenters. The van der Waals surface area contributed by atoms with Crippen LogP contribution in [0.25, 0.3) is 21.3 Å². The Labute approximate surface area is 171 Å². The number of carbonyl (C=O) groups excluding carboxylic acids is 1. The van der Waals surface area contributed by atoms with Crippen LogP contribution in [0, 0.1) is 0 Å². The first-order valence-electron chi connectivity index (χ1n) is 9.07. The topological polar surface area (TPSA) is 73.2 Å². The van der Waals surface area contributed by atoms with E-state index in [2.05, 4.69) is 10.3 Å². The van der Waals surface area contributed by atoms with Gasteiger partial charge in [-0.15, -0.1) is 11.3 Å². The van der Waals surface area contributed by atoms with Crippen LogP contribution in [0.15, 0.2) is 71.1 Å². The largest absolute Gasteiger partial charge is 0.497 e. The molecule has 2 heterocycles. The number of thiophene rings is 1. The smallest absolute Gasteiger partial charge is 0.263 e. The number of ether oxygens (including phenoxy) is 1. The van der Waals surface area contributed by atoms with Gasteiger partial charge in [-0.3, -0.25) is 14.2 Å². The molecule has 29 heavy (non-hydrogen) atoms. The van der Waals surface area contributed by atoms with Crippen LogP contribution in [0.3, 0.4) is 0 Å². The van der Waals surface area contributed by atoms with Crippen molar-refractivity contribution < 1.29 is 9.53 Å². The summed E-state index contributed by atoms with van der Waals surface area (Å²) in [4.78, 5) is 31.0. The third-order valence-corrected chi connectivity index (χ3v) is 5.64. The number of fused-ring (bicyclic) bond motifs is 1. The van der Waals surface area contributed by atoms with Gasteiger partial charge in [0.2, 0.25) is 5.91 Å². The molecule has 4 aromatic rings. The quantitative estimate of drug-likeness (QED) is 0.536. The molecule has 7 heteroatoms. The van der Waals surface area contributed by atoms with Crippen LogP contribution in [0.1, 0.15) is 13.0 Å². The zero-order valence-corrected chi connectivity index (χ0v) is 16.8. The first-order chi connectivity index (χ1) is 14.1. The van der Waals surface area contributed by atoms with E-state index in [0.29, 0.717) is 21.7 Å². The zero-order chi connectivity index (χ0) is 20.4. The van der Waals surface area contributed by atoms with Crippen LogP contribution in [-0.4, -0.2) is 22.6 Å². The molecule has 0 fully saturated rings. The van der Waals surface area contributed by atoms with Crippen LogP contribution < -0.4 is 15.6 Å². The standard InChI is InChI=1S/C22H19N3O3S/c1-14(20(26)24-16-8-10-17(28-2)11-9-16)25-13-23-21-19(22(25)27)18(12-29-21)15-6-4-3-5-7-15/h3-14H,1-2H3,(H,24,26)/t14-/m1/s1. The molecule has 0 bridgehead atoms. The summed E-state index contributed by atoms with van der Waals surface area (Å²) in [6.45, 7) is 1.68. The number of hydrogen-bond donors (Lipinski definition) is 1. The van der Waals surface area contributed by atoms with E-state index in [0.717, 1.165) is 11.1 Å². The Morgan fingerprint density at radius 3 is 2.55 bits per heavy atom.